The van der Waals surface area contributed by atoms with E-state index in [1.54, 1.807) is 28.2 Å². The zero-order chi connectivity index (χ0) is 12.8. The van der Waals surface area contributed by atoms with Gasteiger partial charge in [0.05, 0.1) is 0 Å². The standard InChI is InChI=1S/C8H16NS.2C2H6N.CH3.Ti/c1-7-4-3-5-8(7)10-6-9-2;2*1-3-2;;/h7-8H,3-6H2,1-2H3;2*1-2H3;1H3;/q4*-1;+4/t7-,8?;;;;/m0..../s1. The van der Waals surface area contributed by atoms with Crippen LogP contribution in [0.5, 0.6) is 0 Å². The third kappa shape index (κ3) is 19.3. The van der Waals surface area contributed by atoms with Crippen LogP contribution in [0, 0.1) is 13.3 Å². The van der Waals surface area contributed by atoms with Gasteiger partial charge in [0.15, 0.2) is 0 Å². The van der Waals surface area contributed by atoms with E-state index in [2.05, 4.69) is 22.9 Å². The molecule has 1 fully saturated rings. The van der Waals surface area contributed by atoms with Crippen LogP contribution in [0.1, 0.15) is 26.2 Å². The molecule has 0 aromatic rings. The molecule has 0 aromatic heterocycles. The second-order valence-corrected chi connectivity index (χ2v) is 5.15. The predicted molar refractivity (Wildman–Crippen MR) is 85.4 cm³/mol. The largest absolute Gasteiger partial charge is 4.00 e. The van der Waals surface area contributed by atoms with Gasteiger partial charge in [-0.1, -0.05) is 13.3 Å². The third-order valence-electron chi connectivity index (χ3n) is 2.20. The van der Waals surface area contributed by atoms with E-state index in [-0.39, 0.29) is 29.1 Å². The maximum absolute atomic E-state index is 4.10. The van der Waals surface area contributed by atoms with Crippen molar-refractivity contribution in [3.63, 3.8) is 0 Å². The molecule has 18 heavy (non-hydrogen) atoms. The second kappa shape index (κ2) is 23.1. The number of hydrogen-bond donors (Lipinski definition) is 0. The van der Waals surface area contributed by atoms with E-state index in [1.807, 2.05) is 18.8 Å². The van der Waals surface area contributed by atoms with Gasteiger partial charge >= 0.3 is 21.7 Å². The van der Waals surface area contributed by atoms with Crippen LogP contribution in [0.25, 0.3) is 16.0 Å². The van der Waals surface area contributed by atoms with Crippen molar-refractivity contribution in [1.29, 1.82) is 0 Å². The molecular formula is C13H31N3STi. The van der Waals surface area contributed by atoms with Crippen LogP contribution in [0.3, 0.4) is 0 Å². The van der Waals surface area contributed by atoms with E-state index in [0.717, 1.165) is 17.0 Å². The molecular weight excluding hydrogens is 278 g/mol. The summed E-state index contributed by atoms with van der Waals surface area (Å²) in [7, 11) is 8.90. The molecule has 1 saturated carbocycles. The molecule has 0 radical (unpaired) electrons. The molecule has 1 aliphatic rings. The van der Waals surface area contributed by atoms with Gasteiger partial charge in [-0.3, -0.25) is 0 Å². The molecule has 0 aromatic carbocycles. The van der Waals surface area contributed by atoms with Crippen molar-refractivity contribution in [1.82, 2.24) is 0 Å². The molecule has 0 spiro atoms. The molecule has 0 bridgehead atoms. The first-order chi connectivity index (χ1) is 7.67. The summed E-state index contributed by atoms with van der Waals surface area (Å²) in [6.07, 6.45) is 4.28. The van der Waals surface area contributed by atoms with Crippen LogP contribution in [0.15, 0.2) is 0 Å². The Morgan fingerprint density at radius 1 is 1.00 bits per heavy atom. The molecule has 2 atom stereocenters. The first kappa shape index (κ1) is 27.3. The van der Waals surface area contributed by atoms with Crippen LogP contribution >= 0.6 is 11.8 Å². The van der Waals surface area contributed by atoms with E-state index in [4.69, 9.17) is 0 Å². The van der Waals surface area contributed by atoms with Gasteiger partial charge in [0.25, 0.3) is 0 Å². The number of hydrogen-bond acceptors (Lipinski definition) is 1. The normalized spacial score (nSPS) is 20.3. The van der Waals surface area contributed by atoms with Crippen molar-refractivity contribution in [2.75, 3.05) is 41.1 Å². The van der Waals surface area contributed by atoms with Gasteiger partial charge in [0.1, 0.15) is 0 Å². The van der Waals surface area contributed by atoms with E-state index >= 15 is 0 Å². The van der Waals surface area contributed by atoms with E-state index in [9.17, 15) is 0 Å². The van der Waals surface area contributed by atoms with Crippen molar-refractivity contribution in [3.05, 3.63) is 23.4 Å². The van der Waals surface area contributed by atoms with E-state index in [0.29, 0.717) is 0 Å². The van der Waals surface area contributed by atoms with Crippen LogP contribution < -0.4 is 0 Å². The van der Waals surface area contributed by atoms with Gasteiger partial charge < -0.3 is 23.4 Å². The summed E-state index contributed by atoms with van der Waals surface area (Å²) < 4.78 is 0. The average Bonchev–Trinajstić information content (AvgIpc) is 2.63. The molecule has 3 nitrogen and oxygen atoms in total. The molecule has 0 aliphatic heterocycles. The zero-order valence-corrected chi connectivity index (χ0v) is 15.6. The van der Waals surface area contributed by atoms with Crippen LogP contribution in [-0.4, -0.2) is 46.4 Å². The molecule has 0 N–H and O–H groups in total. The summed E-state index contributed by atoms with van der Waals surface area (Å²) in [6, 6.07) is 0. The predicted octanol–water partition coefficient (Wildman–Crippen LogP) is 4.56. The number of thioether (sulfide) groups is 1. The summed E-state index contributed by atoms with van der Waals surface area (Å²) in [5.74, 6) is 1.93. The third-order valence-corrected chi connectivity index (χ3v) is 3.74. The maximum atomic E-state index is 4.10. The van der Waals surface area contributed by atoms with Gasteiger partial charge in [-0.05, 0) is 18.8 Å². The first-order valence-electron chi connectivity index (χ1n) is 5.80. The molecule has 5 heteroatoms. The Balaban J connectivity index is -0.000000106. The van der Waals surface area contributed by atoms with Crippen LogP contribution in [-0.2, 0) is 21.7 Å². The Labute approximate surface area is 135 Å². The zero-order valence-electron chi connectivity index (χ0n) is 13.2. The van der Waals surface area contributed by atoms with Crippen molar-refractivity contribution < 1.29 is 21.7 Å². The van der Waals surface area contributed by atoms with Gasteiger partial charge in [0, 0.05) is 5.25 Å². The molecule has 1 rings (SSSR count). The molecule has 0 saturated heterocycles. The Bertz CT molecular complexity index is 127. The van der Waals surface area contributed by atoms with Crippen LogP contribution in [0.2, 0.25) is 0 Å². The van der Waals surface area contributed by atoms with Crippen molar-refractivity contribution in [2.24, 2.45) is 5.92 Å². The number of rotatable bonds is 3. The quantitative estimate of drug-likeness (QED) is 0.557. The minimum atomic E-state index is 0. The Kier molecular flexibility index (Phi) is 35.0. The fourth-order valence-corrected chi connectivity index (χ4v) is 2.67. The molecule has 1 aliphatic carbocycles. The second-order valence-electron chi connectivity index (χ2n) is 3.95. The number of nitrogens with zero attached hydrogens (tertiary/aromatic N) is 3. The minimum absolute atomic E-state index is 0. The fourth-order valence-electron chi connectivity index (χ4n) is 1.53. The summed E-state index contributed by atoms with van der Waals surface area (Å²) in [6.45, 7) is 2.36. The Hall–Kier alpha value is 0.944. The van der Waals surface area contributed by atoms with E-state index in [1.165, 1.54) is 19.3 Å². The summed E-state index contributed by atoms with van der Waals surface area (Å²) in [5, 5.41) is 12.0. The molecule has 1 unspecified atom stereocenters. The van der Waals surface area contributed by atoms with Gasteiger partial charge in [0.2, 0.25) is 0 Å². The van der Waals surface area contributed by atoms with Crippen molar-refractivity contribution in [3.8, 4) is 0 Å². The smallest absolute Gasteiger partial charge is 0.668 e. The summed E-state index contributed by atoms with van der Waals surface area (Å²) in [4.78, 5) is 0. The maximum Gasteiger partial charge on any atom is 4.00 e. The van der Waals surface area contributed by atoms with Crippen molar-refractivity contribution >= 4 is 11.8 Å². The summed E-state index contributed by atoms with van der Waals surface area (Å²) in [5.41, 5.74) is 0. The van der Waals surface area contributed by atoms with Gasteiger partial charge in [-0.2, -0.15) is 47.0 Å². The minimum Gasteiger partial charge on any atom is -0.668 e. The topological polar surface area (TPSA) is 42.3 Å². The van der Waals surface area contributed by atoms with Crippen LogP contribution in [0.4, 0.5) is 0 Å². The van der Waals surface area contributed by atoms with Crippen molar-refractivity contribution in [2.45, 2.75) is 31.4 Å². The molecule has 0 heterocycles. The Morgan fingerprint density at radius 2 is 1.44 bits per heavy atom. The molecule has 0 amide bonds. The Morgan fingerprint density at radius 3 is 1.72 bits per heavy atom. The first-order valence-corrected chi connectivity index (χ1v) is 6.85. The van der Waals surface area contributed by atoms with Gasteiger partial charge in [-0.25, -0.2) is 0 Å². The molecule has 108 valence electrons. The summed E-state index contributed by atoms with van der Waals surface area (Å²) >= 11 is 2.03. The monoisotopic (exact) mass is 309 g/mol. The van der Waals surface area contributed by atoms with Gasteiger partial charge in [-0.15, -0.1) is 5.88 Å². The average molecular weight is 309 g/mol. The fraction of sp³-hybridized carbons (Fsp3) is 0.923. The van der Waals surface area contributed by atoms with E-state index < -0.39 is 0 Å². The SMILES string of the molecule is C[N-]C.C[N-]C.C[N-]CSC1CCC[C@@H]1C.[CH3-].[Ti+4].